The van der Waals surface area contributed by atoms with Crippen LogP contribution in [-0.4, -0.2) is 18.8 Å². The summed E-state index contributed by atoms with van der Waals surface area (Å²) in [5.41, 5.74) is 1.42. The van der Waals surface area contributed by atoms with Gasteiger partial charge in [-0.1, -0.05) is 30.3 Å². The molecule has 0 spiro atoms. The van der Waals surface area contributed by atoms with Crippen LogP contribution in [0.4, 0.5) is 0 Å². The van der Waals surface area contributed by atoms with E-state index in [2.05, 4.69) is 19.1 Å². The van der Waals surface area contributed by atoms with Gasteiger partial charge in [-0.3, -0.25) is 0 Å². The summed E-state index contributed by atoms with van der Waals surface area (Å²) < 4.78 is 10.9. The molecule has 1 fully saturated rings. The van der Waals surface area contributed by atoms with Crippen LogP contribution in [0.5, 0.6) is 0 Å². The Morgan fingerprint density at radius 3 is 2.73 bits per heavy atom. The SMILES string of the molecule is CC1(CCCOCc2ccccc2)CO1. The number of epoxide rings is 1. The van der Waals surface area contributed by atoms with Crippen LogP contribution in [0, 0.1) is 0 Å². The third-order valence-electron chi connectivity index (χ3n) is 2.74. The van der Waals surface area contributed by atoms with E-state index in [1.165, 1.54) is 5.56 Å². The second-order valence-corrected chi connectivity index (χ2v) is 4.38. The smallest absolute Gasteiger partial charge is 0.0889 e. The van der Waals surface area contributed by atoms with Crippen molar-refractivity contribution in [2.45, 2.75) is 32.0 Å². The largest absolute Gasteiger partial charge is 0.377 e. The Bertz CT molecular complexity index is 291. The van der Waals surface area contributed by atoms with Crippen LogP contribution in [0.3, 0.4) is 0 Å². The molecule has 1 aliphatic rings. The van der Waals surface area contributed by atoms with Crippen LogP contribution in [0.1, 0.15) is 25.3 Å². The van der Waals surface area contributed by atoms with E-state index in [1.54, 1.807) is 0 Å². The lowest BCUT2D eigenvalue weighted by atomic mass is 10.1. The number of benzene rings is 1. The zero-order valence-corrected chi connectivity index (χ0v) is 9.24. The predicted octanol–water partition coefficient (Wildman–Crippen LogP) is 2.77. The van der Waals surface area contributed by atoms with Gasteiger partial charge in [-0.25, -0.2) is 0 Å². The molecule has 2 heteroatoms. The Labute approximate surface area is 91.2 Å². The number of hydrogen-bond donors (Lipinski definition) is 0. The Balaban J connectivity index is 1.55. The van der Waals surface area contributed by atoms with Crippen LogP contribution >= 0.6 is 0 Å². The molecule has 1 aliphatic heterocycles. The van der Waals surface area contributed by atoms with Crippen LogP contribution in [0.25, 0.3) is 0 Å². The maximum atomic E-state index is 5.59. The summed E-state index contributed by atoms with van der Waals surface area (Å²) in [5, 5.41) is 0. The number of ether oxygens (including phenoxy) is 2. The van der Waals surface area contributed by atoms with Gasteiger partial charge in [-0.05, 0) is 25.3 Å². The molecule has 1 aromatic carbocycles. The number of hydrogen-bond acceptors (Lipinski definition) is 2. The van der Waals surface area contributed by atoms with Crippen molar-refractivity contribution < 1.29 is 9.47 Å². The average molecular weight is 206 g/mol. The van der Waals surface area contributed by atoms with E-state index in [0.717, 1.165) is 32.7 Å². The molecule has 1 aromatic rings. The lowest BCUT2D eigenvalue weighted by Crippen LogP contribution is -2.06. The van der Waals surface area contributed by atoms with Gasteiger partial charge in [0.05, 0.1) is 18.8 Å². The van der Waals surface area contributed by atoms with Gasteiger partial charge in [0.25, 0.3) is 0 Å². The Morgan fingerprint density at radius 2 is 2.07 bits per heavy atom. The topological polar surface area (TPSA) is 21.8 Å². The zero-order valence-electron chi connectivity index (χ0n) is 9.24. The minimum Gasteiger partial charge on any atom is -0.377 e. The maximum Gasteiger partial charge on any atom is 0.0889 e. The van der Waals surface area contributed by atoms with Gasteiger partial charge >= 0.3 is 0 Å². The molecule has 0 aromatic heterocycles. The quantitative estimate of drug-likeness (QED) is 0.527. The van der Waals surface area contributed by atoms with E-state index in [4.69, 9.17) is 9.47 Å². The molecular formula is C13H18O2. The molecule has 1 saturated heterocycles. The van der Waals surface area contributed by atoms with E-state index in [9.17, 15) is 0 Å². The van der Waals surface area contributed by atoms with Gasteiger partial charge in [0.15, 0.2) is 0 Å². The van der Waals surface area contributed by atoms with Crippen LogP contribution in [0.15, 0.2) is 30.3 Å². The minimum absolute atomic E-state index is 0.177. The van der Waals surface area contributed by atoms with Gasteiger partial charge in [0, 0.05) is 6.61 Å². The van der Waals surface area contributed by atoms with Crippen molar-refractivity contribution in [2.75, 3.05) is 13.2 Å². The molecule has 1 heterocycles. The maximum absolute atomic E-state index is 5.59. The Morgan fingerprint density at radius 1 is 1.33 bits per heavy atom. The van der Waals surface area contributed by atoms with E-state index in [1.807, 2.05) is 18.2 Å². The average Bonchev–Trinajstić information content (AvgIpc) is 2.98. The van der Waals surface area contributed by atoms with E-state index in [0.29, 0.717) is 0 Å². The Kier molecular flexibility index (Phi) is 3.39. The van der Waals surface area contributed by atoms with Gasteiger partial charge < -0.3 is 9.47 Å². The summed E-state index contributed by atoms with van der Waals surface area (Å²) in [6, 6.07) is 10.3. The molecule has 82 valence electrons. The molecule has 15 heavy (non-hydrogen) atoms. The minimum atomic E-state index is 0.177. The molecular weight excluding hydrogens is 188 g/mol. The summed E-state index contributed by atoms with van der Waals surface area (Å²) in [4.78, 5) is 0. The first-order chi connectivity index (χ1) is 7.29. The molecule has 0 aliphatic carbocycles. The third-order valence-corrected chi connectivity index (χ3v) is 2.74. The number of rotatable bonds is 6. The van der Waals surface area contributed by atoms with Crippen LogP contribution < -0.4 is 0 Å². The summed E-state index contributed by atoms with van der Waals surface area (Å²) in [6.07, 6.45) is 2.20. The monoisotopic (exact) mass is 206 g/mol. The predicted molar refractivity (Wildman–Crippen MR) is 59.7 cm³/mol. The summed E-state index contributed by atoms with van der Waals surface area (Å²) >= 11 is 0. The van der Waals surface area contributed by atoms with Gasteiger partial charge in [0.2, 0.25) is 0 Å². The summed E-state index contributed by atoms with van der Waals surface area (Å²) in [5.74, 6) is 0. The summed E-state index contributed by atoms with van der Waals surface area (Å²) in [6.45, 7) is 4.63. The van der Waals surface area contributed by atoms with Crippen molar-refractivity contribution in [3.63, 3.8) is 0 Å². The molecule has 2 nitrogen and oxygen atoms in total. The lowest BCUT2D eigenvalue weighted by molar-refractivity contribution is 0.112. The highest BCUT2D eigenvalue weighted by atomic mass is 16.6. The van der Waals surface area contributed by atoms with E-state index < -0.39 is 0 Å². The molecule has 0 saturated carbocycles. The van der Waals surface area contributed by atoms with Crippen molar-refractivity contribution >= 4 is 0 Å². The highest BCUT2D eigenvalue weighted by Gasteiger charge is 2.38. The fourth-order valence-electron chi connectivity index (χ4n) is 1.58. The van der Waals surface area contributed by atoms with Crippen LogP contribution in [0.2, 0.25) is 0 Å². The second kappa shape index (κ2) is 4.77. The Hall–Kier alpha value is -0.860. The van der Waals surface area contributed by atoms with E-state index in [-0.39, 0.29) is 5.60 Å². The van der Waals surface area contributed by atoms with Gasteiger partial charge in [-0.2, -0.15) is 0 Å². The molecule has 1 unspecified atom stereocenters. The molecule has 0 N–H and O–H groups in total. The van der Waals surface area contributed by atoms with Crippen LogP contribution in [-0.2, 0) is 16.1 Å². The second-order valence-electron chi connectivity index (χ2n) is 4.38. The highest BCUT2D eigenvalue weighted by Crippen LogP contribution is 2.30. The molecule has 2 rings (SSSR count). The third kappa shape index (κ3) is 3.65. The van der Waals surface area contributed by atoms with Crippen molar-refractivity contribution in [3.05, 3.63) is 35.9 Å². The molecule has 1 atom stereocenters. The highest BCUT2D eigenvalue weighted by molar-refractivity contribution is 5.13. The van der Waals surface area contributed by atoms with Gasteiger partial charge in [0.1, 0.15) is 0 Å². The normalized spacial score (nSPS) is 24.1. The summed E-state index contributed by atoms with van der Waals surface area (Å²) in [7, 11) is 0. The van der Waals surface area contributed by atoms with E-state index >= 15 is 0 Å². The first-order valence-electron chi connectivity index (χ1n) is 5.54. The fraction of sp³-hybridized carbons (Fsp3) is 0.538. The molecule has 0 amide bonds. The van der Waals surface area contributed by atoms with Crippen molar-refractivity contribution in [1.82, 2.24) is 0 Å². The zero-order chi connectivity index (χ0) is 10.6. The fourth-order valence-corrected chi connectivity index (χ4v) is 1.58. The van der Waals surface area contributed by atoms with Crippen molar-refractivity contribution in [3.8, 4) is 0 Å². The molecule has 0 radical (unpaired) electrons. The van der Waals surface area contributed by atoms with Crippen molar-refractivity contribution in [1.29, 1.82) is 0 Å². The lowest BCUT2D eigenvalue weighted by Gasteiger charge is -2.06. The molecule has 0 bridgehead atoms. The van der Waals surface area contributed by atoms with Crippen molar-refractivity contribution in [2.24, 2.45) is 0 Å². The van der Waals surface area contributed by atoms with Gasteiger partial charge in [-0.15, -0.1) is 0 Å². The standard InChI is InChI=1S/C13H18O2/c1-13(11-15-13)8-5-9-14-10-12-6-3-2-4-7-12/h2-4,6-7H,5,8-11H2,1H3. The first-order valence-corrected chi connectivity index (χ1v) is 5.54. The first kappa shape index (κ1) is 10.7.